The van der Waals surface area contributed by atoms with E-state index in [4.69, 9.17) is 14.2 Å². The molecule has 1 atom stereocenters. The van der Waals surface area contributed by atoms with Crippen LogP contribution in [0.4, 0.5) is 0 Å². The molecule has 7 nitrogen and oxygen atoms in total. The van der Waals surface area contributed by atoms with E-state index in [1.165, 1.54) is 4.90 Å². The van der Waals surface area contributed by atoms with Gasteiger partial charge in [-0.2, -0.15) is 0 Å². The zero-order valence-corrected chi connectivity index (χ0v) is 19.2. The Kier molecular flexibility index (Phi) is 6.58. The molecule has 7 heteroatoms. The van der Waals surface area contributed by atoms with Crippen molar-refractivity contribution in [1.29, 1.82) is 0 Å². The summed E-state index contributed by atoms with van der Waals surface area (Å²) in [5.41, 5.74) is 1.17. The minimum Gasteiger partial charge on any atom is -0.507 e. The molecule has 0 aromatic heterocycles. The van der Waals surface area contributed by atoms with Crippen molar-refractivity contribution in [3.63, 3.8) is 0 Å². The van der Waals surface area contributed by atoms with Crippen LogP contribution in [0.25, 0.3) is 5.76 Å². The van der Waals surface area contributed by atoms with Crippen molar-refractivity contribution in [2.45, 2.75) is 33.2 Å². The van der Waals surface area contributed by atoms with Crippen LogP contribution in [-0.2, 0) is 9.59 Å². The number of ketones is 1. The molecule has 1 amide bonds. The van der Waals surface area contributed by atoms with Gasteiger partial charge in [-0.25, -0.2) is 0 Å². The zero-order valence-electron chi connectivity index (χ0n) is 19.2. The fourth-order valence-corrected chi connectivity index (χ4v) is 4.08. The van der Waals surface area contributed by atoms with Gasteiger partial charge in [0.2, 0.25) is 0 Å². The van der Waals surface area contributed by atoms with Crippen molar-refractivity contribution in [3.05, 3.63) is 59.2 Å². The number of aliphatic hydroxyl groups is 1. The molecule has 4 rings (SSSR count). The number of likely N-dealkylation sites (tertiary alicyclic amines) is 1. The number of nitrogens with zero attached hydrogens (tertiary/aromatic N) is 1. The highest BCUT2D eigenvalue weighted by molar-refractivity contribution is 6.46. The molecule has 1 fully saturated rings. The van der Waals surface area contributed by atoms with Crippen molar-refractivity contribution in [2.75, 3.05) is 26.4 Å². The largest absolute Gasteiger partial charge is 0.507 e. The maximum absolute atomic E-state index is 13.1. The highest BCUT2D eigenvalue weighted by atomic mass is 16.6. The van der Waals surface area contributed by atoms with Crippen LogP contribution in [0, 0.1) is 5.92 Å². The number of ether oxygens (including phenoxy) is 3. The summed E-state index contributed by atoms with van der Waals surface area (Å²) in [5.74, 6) is 0.535. The number of carbonyl (C=O) groups is 2. The Labute approximate surface area is 193 Å². The average molecular weight is 452 g/mol. The minimum absolute atomic E-state index is 0.0612. The maximum atomic E-state index is 13.1. The van der Waals surface area contributed by atoms with E-state index in [0.29, 0.717) is 67.1 Å². The van der Waals surface area contributed by atoms with E-state index in [-0.39, 0.29) is 11.3 Å². The first-order valence-electron chi connectivity index (χ1n) is 11.3. The van der Waals surface area contributed by atoms with E-state index in [9.17, 15) is 14.7 Å². The fourth-order valence-electron chi connectivity index (χ4n) is 4.08. The van der Waals surface area contributed by atoms with Gasteiger partial charge in [0.1, 0.15) is 24.7 Å². The third-order valence-electron chi connectivity index (χ3n) is 5.58. The number of benzene rings is 2. The highest BCUT2D eigenvalue weighted by Gasteiger charge is 2.45. The molecule has 2 aromatic carbocycles. The molecule has 1 N–H and O–H groups in total. The monoisotopic (exact) mass is 451 g/mol. The van der Waals surface area contributed by atoms with Crippen LogP contribution in [0.2, 0.25) is 0 Å². The molecule has 0 saturated carbocycles. The van der Waals surface area contributed by atoms with E-state index in [1.807, 2.05) is 31.2 Å². The predicted molar refractivity (Wildman–Crippen MR) is 124 cm³/mol. The number of hydrogen-bond acceptors (Lipinski definition) is 6. The van der Waals surface area contributed by atoms with E-state index in [1.54, 1.807) is 18.2 Å². The van der Waals surface area contributed by atoms with E-state index in [0.717, 1.165) is 0 Å². The number of rotatable bonds is 7. The molecule has 2 heterocycles. The molecule has 0 aliphatic carbocycles. The number of hydrogen-bond donors (Lipinski definition) is 1. The topological polar surface area (TPSA) is 85.3 Å². The fraction of sp³-hybridized carbons (Fsp3) is 0.385. The molecular weight excluding hydrogens is 422 g/mol. The van der Waals surface area contributed by atoms with E-state index in [2.05, 4.69) is 13.8 Å². The number of amides is 1. The van der Waals surface area contributed by atoms with Gasteiger partial charge in [-0.1, -0.05) is 32.9 Å². The minimum atomic E-state index is -0.708. The molecule has 174 valence electrons. The second-order valence-corrected chi connectivity index (χ2v) is 8.63. The lowest BCUT2D eigenvalue weighted by Gasteiger charge is -2.25. The van der Waals surface area contributed by atoms with E-state index >= 15 is 0 Å². The summed E-state index contributed by atoms with van der Waals surface area (Å²) >= 11 is 0. The summed E-state index contributed by atoms with van der Waals surface area (Å²) in [5, 5.41) is 11.2. The molecule has 2 aromatic rings. The van der Waals surface area contributed by atoms with Crippen molar-refractivity contribution in [3.8, 4) is 17.2 Å². The summed E-state index contributed by atoms with van der Waals surface area (Å²) in [4.78, 5) is 27.5. The zero-order chi connectivity index (χ0) is 23.5. The van der Waals surface area contributed by atoms with Gasteiger partial charge in [0.15, 0.2) is 11.5 Å². The summed E-state index contributed by atoms with van der Waals surface area (Å²) in [6, 6.07) is 11.6. The highest BCUT2D eigenvalue weighted by Crippen LogP contribution is 2.41. The molecule has 1 unspecified atom stereocenters. The third kappa shape index (κ3) is 4.53. The van der Waals surface area contributed by atoms with Crippen LogP contribution in [0.1, 0.15) is 44.4 Å². The SMILES string of the molecule is CCCN1C(=O)C(=O)/C(=C(\O)c2ccc3c(c2)OCCO3)C1c1cccc(OCC(C)C)c1. The lowest BCUT2D eigenvalue weighted by Crippen LogP contribution is -2.30. The molecule has 2 aliphatic heterocycles. The van der Waals surface area contributed by atoms with Gasteiger partial charge in [0, 0.05) is 12.1 Å². The van der Waals surface area contributed by atoms with Crippen molar-refractivity contribution in [2.24, 2.45) is 5.92 Å². The van der Waals surface area contributed by atoms with Crippen LogP contribution in [0.15, 0.2) is 48.0 Å². The summed E-state index contributed by atoms with van der Waals surface area (Å²) < 4.78 is 17.0. The standard InChI is InChI=1S/C26H29NO6/c1-4-10-27-23(17-6-5-7-19(13-17)33-15-16(2)3)22(25(29)26(27)30)24(28)18-8-9-20-21(14-18)32-12-11-31-20/h5-9,13-14,16,23,28H,4,10-12,15H2,1-3H3/b24-22-. The first-order valence-corrected chi connectivity index (χ1v) is 11.3. The van der Waals surface area contributed by atoms with Crippen LogP contribution in [0.3, 0.4) is 0 Å². The second kappa shape index (κ2) is 9.57. The van der Waals surface area contributed by atoms with Crippen LogP contribution in [0.5, 0.6) is 17.2 Å². The van der Waals surface area contributed by atoms with Crippen LogP contribution >= 0.6 is 0 Å². The summed E-state index contributed by atoms with van der Waals surface area (Å²) in [6.45, 7) is 7.87. The van der Waals surface area contributed by atoms with Gasteiger partial charge in [-0.05, 0) is 48.2 Å². The van der Waals surface area contributed by atoms with Gasteiger partial charge in [-0.3, -0.25) is 9.59 Å². The van der Waals surface area contributed by atoms with E-state index < -0.39 is 17.7 Å². The molecule has 2 aliphatic rings. The lowest BCUT2D eigenvalue weighted by molar-refractivity contribution is -0.139. The average Bonchev–Trinajstić information content (AvgIpc) is 3.07. The lowest BCUT2D eigenvalue weighted by atomic mass is 9.95. The molecular formula is C26H29NO6. The Morgan fingerprint density at radius 2 is 1.88 bits per heavy atom. The third-order valence-corrected chi connectivity index (χ3v) is 5.58. The summed E-state index contributed by atoms with van der Waals surface area (Å²) in [7, 11) is 0. The van der Waals surface area contributed by atoms with Crippen molar-refractivity contribution >= 4 is 17.4 Å². The van der Waals surface area contributed by atoms with Gasteiger partial charge in [0.25, 0.3) is 11.7 Å². The Balaban J connectivity index is 1.79. The number of Topliss-reactive ketones (excluding diaryl/α,β-unsaturated/α-hetero) is 1. The quantitative estimate of drug-likeness (QED) is 0.383. The maximum Gasteiger partial charge on any atom is 0.295 e. The Hall–Kier alpha value is -3.48. The van der Waals surface area contributed by atoms with Crippen LogP contribution in [-0.4, -0.2) is 48.1 Å². The molecule has 1 saturated heterocycles. The Morgan fingerprint density at radius 3 is 2.61 bits per heavy atom. The van der Waals surface area contributed by atoms with Gasteiger partial charge in [-0.15, -0.1) is 0 Å². The number of fused-ring (bicyclic) bond motifs is 1. The van der Waals surface area contributed by atoms with Crippen LogP contribution < -0.4 is 14.2 Å². The smallest absolute Gasteiger partial charge is 0.295 e. The summed E-state index contributed by atoms with van der Waals surface area (Å²) in [6.07, 6.45) is 0.678. The number of carbonyl (C=O) groups excluding carboxylic acids is 2. The molecule has 0 spiro atoms. The number of aliphatic hydroxyl groups excluding tert-OH is 1. The van der Waals surface area contributed by atoms with Gasteiger partial charge in [0.05, 0.1) is 18.2 Å². The van der Waals surface area contributed by atoms with Crippen molar-refractivity contribution < 1.29 is 28.9 Å². The van der Waals surface area contributed by atoms with Crippen molar-refractivity contribution in [1.82, 2.24) is 4.90 Å². The first kappa shape index (κ1) is 22.7. The predicted octanol–water partition coefficient (Wildman–Crippen LogP) is 4.32. The molecule has 0 radical (unpaired) electrons. The molecule has 0 bridgehead atoms. The Bertz CT molecular complexity index is 1090. The Morgan fingerprint density at radius 1 is 1.12 bits per heavy atom. The second-order valence-electron chi connectivity index (χ2n) is 8.63. The van der Waals surface area contributed by atoms with Gasteiger partial charge >= 0.3 is 0 Å². The van der Waals surface area contributed by atoms with Gasteiger partial charge < -0.3 is 24.2 Å². The molecule has 33 heavy (non-hydrogen) atoms. The first-order chi connectivity index (χ1) is 15.9. The normalized spacial score (nSPS) is 19.3.